The van der Waals surface area contributed by atoms with E-state index in [4.69, 9.17) is 9.47 Å². The van der Waals surface area contributed by atoms with Crippen molar-refractivity contribution in [3.63, 3.8) is 0 Å². The second kappa shape index (κ2) is 11.1. The molecule has 1 saturated heterocycles. The minimum Gasteiger partial charge on any atom is -0.507 e. The van der Waals surface area contributed by atoms with Crippen molar-refractivity contribution in [2.24, 2.45) is 0 Å². The number of pyridine rings is 1. The Morgan fingerprint density at radius 3 is 2.38 bits per heavy atom. The number of anilines is 1. The molecule has 0 aliphatic carbocycles. The minimum absolute atomic E-state index is 0.0489. The van der Waals surface area contributed by atoms with Gasteiger partial charge in [0, 0.05) is 23.6 Å². The van der Waals surface area contributed by atoms with Crippen LogP contribution in [0.5, 0.6) is 5.75 Å². The molecule has 2 heterocycles. The SMILES string of the molecule is CCCOc1cccc(/C(O)=C2\C(=O)C(=O)N(c3ccc(C(=O)OC(C)C)cc3)C2c2ccncc2)c1. The van der Waals surface area contributed by atoms with Crippen molar-refractivity contribution in [3.8, 4) is 5.75 Å². The van der Waals surface area contributed by atoms with Gasteiger partial charge in [-0.1, -0.05) is 19.1 Å². The predicted molar refractivity (Wildman–Crippen MR) is 138 cm³/mol. The number of carbonyl (C=O) groups is 3. The Kier molecular flexibility index (Phi) is 7.67. The number of hydrogen-bond donors (Lipinski definition) is 1. The molecule has 1 aromatic heterocycles. The van der Waals surface area contributed by atoms with E-state index in [1.807, 2.05) is 6.92 Å². The Balaban J connectivity index is 1.79. The van der Waals surface area contributed by atoms with E-state index < -0.39 is 23.7 Å². The van der Waals surface area contributed by atoms with Gasteiger partial charge >= 0.3 is 5.97 Å². The first-order valence-electron chi connectivity index (χ1n) is 12.1. The minimum atomic E-state index is -0.906. The van der Waals surface area contributed by atoms with E-state index in [0.717, 1.165) is 6.42 Å². The Morgan fingerprint density at radius 1 is 1.03 bits per heavy atom. The lowest BCUT2D eigenvalue weighted by Gasteiger charge is -2.25. The molecule has 1 aliphatic rings. The van der Waals surface area contributed by atoms with E-state index >= 15 is 0 Å². The Morgan fingerprint density at radius 2 is 1.73 bits per heavy atom. The van der Waals surface area contributed by atoms with Crippen LogP contribution in [0.3, 0.4) is 0 Å². The number of aromatic nitrogens is 1. The zero-order valence-corrected chi connectivity index (χ0v) is 20.9. The molecule has 1 unspecified atom stereocenters. The van der Waals surface area contributed by atoms with Crippen LogP contribution in [0.2, 0.25) is 0 Å². The summed E-state index contributed by atoms with van der Waals surface area (Å²) in [6.07, 6.45) is 3.65. The third kappa shape index (κ3) is 5.38. The molecule has 8 heteroatoms. The number of esters is 1. The highest BCUT2D eigenvalue weighted by Crippen LogP contribution is 2.42. The fraction of sp³-hybridized carbons (Fsp3) is 0.241. The van der Waals surface area contributed by atoms with Crippen molar-refractivity contribution in [1.82, 2.24) is 4.98 Å². The molecule has 37 heavy (non-hydrogen) atoms. The quantitative estimate of drug-likeness (QED) is 0.199. The number of amides is 1. The molecule has 1 atom stereocenters. The third-order valence-electron chi connectivity index (χ3n) is 5.77. The number of aliphatic hydroxyl groups excluding tert-OH is 1. The highest BCUT2D eigenvalue weighted by molar-refractivity contribution is 6.51. The Bertz CT molecular complexity index is 1330. The summed E-state index contributed by atoms with van der Waals surface area (Å²) >= 11 is 0. The molecule has 0 radical (unpaired) electrons. The van der Waals surface area contributed by atoms with E-state index in [9.17, 15) is 19.5 Å². The van der Waals surface area contributed by atoms with E-state index in [0.29, 0.717) is 34.7 Å². The summed E-state index contributed by atoms with van der Waals surface area (Å²) in [7, 11) is 0. The lowest BCUT2D eigenvalue weighted by Crippen LogP contribution is -2.29. The summed E-state index contributed by atoms with van der Waals surface area (Å²) in [6, 6.07) is 15.5. The van der Waals surface area contributed by atoms with Crippen molar-refractivity contribution in [1.29, 1.82) is 0 Å². The Hall–Kier alpha value is -4.46. The second-order valence-corrected chi connectivity index (χ2v) is 8.83. The molecule has 1 fully saturated rings. The number of benzene rings is 2. The molecular formula is C29H28N2O6. The number of rotatable bonds is 8. The molecule has 0 saturated carbocycles. The van der Waals surface area contributed by atoms with Crippen molar-refractivity contribution < 1.29 is 29.0 Å². The normalized spacial score (nSPS) is 16.8. The van der Waals surface area contributed by atoms with Crippen molar-refractivity contribution in [3.05, 3.63) is 95.3 Å². The first-order chi connectivity index (χ1) is 17.8. The summed E-state index contributed by atoms with van der Waals surface area (Å²) in [5, 5.41) is 11.3. The van der Waals surface area contributed by atoms with E-state index in [1.54, 1.807) is 74.8 Å². The second-order valence-electron chi connectivity index (χ2n) is 8.83. The van der Waals surface area contributed by atoms with Crippen LogP contribution in [0.25, 0.3) is 5.76 Å². The fourth-order valence-corrected chi connectivity index (χ4v) is 4.11. The van der Waals surface area contributed by atoms with Gasteiger partial charge in [0.05, 0.1) is 29.9 Å². The standard InChI is InChI=1S/C29H28N2O6/c1-4-16-36-23-7-5-6-21(17-23)26(32)24-25(19-12-14-30-15-13-19)31(28(34)27(24)33)22-10-8-20(9-11-22)29(35)37-18(2)3/h5-15,17-18,25,32H,4,16H2,1-3H3/b26-24+. The zero-order chi connectivity index (χ0) is 26.5. The van der Waals surface area contributed by atoms with Gasteiger partial charge in [0.1, 0.15) is 11.5 Å². The van der Waals surface area contributed by atoms with E-state index in [-0.39, 0.29) is 17.4 Å². The summed E-state index contributed by atoms with van der Waals surface area (Å²) in [6.45, 7) is 6.00. The van der Waals surface area contributed by atoms with Crippen LogP contribution in [-0.2, 0) is 14.3 Å². The van der Waals surface area contributed by atoms with Crippen LogP contribution in [0.15, 0.2) is 78.6 Å². The van der Waals surface area contributed by atoms with Crippen LogP contribution >= 0.6 is 0 Å². The number of aliphatic hydroxyl groups is 1. The lowest BCUT2D eigenvalue weighted by atomic mass is 9.95. The topological polar surface area (TPSA) is 106 Å². The molecule has 1 amide bonds. The van der Waals surface area contributed by atoms with Gasteiger partial charge in [0.25, 0.3) is 11.7 Å². The zero-order valence-electron chi connectivity index (χ0n) is 20.9. The van der Waals surface area contributed by atoms with Gasteiger partial charge in [-0.3, -0.25) is 19.5 Å². The van der Waals surface area contributed by atoms with Crippen LogP contribution in [0.1, 0.15) is 54.7 Å². The predicted octanol–water partition coefficient (Wildman–Crippen LogP) is 5.06. The first kappa shape index (κ1) is 25.6. The maximum atomic E-state index is 13.3. The van der Waals surface area contributed by atoms with Gasteiger partial charge in [-0.2, -0.15) is 0 Å². The van der Waals surface area contributed by atoms with Crippen LogP contribution in [0.4, 0.5) is 5.69 Å². The van der Waals surface area contributed by atoms with Gasteiger partial charge in [-0.15, -0.1) is 0 Å². The smallest absolute Gasteiger partial charge is 0.338 e. The van der Waals surface area contributed by atoms with Crippen molar-refractivity contribution >= 4 is 29.1 Å². The monoisotopic (exact) mass is 500 g/mol. The van der Waals surface area contributed by atoms with Crippen molar-refractivity contribution in [2.45, 2.75) is 39.3 Å². The highest BCUT2D eigenvalue weighted by Gasteiger charge is 2.47. The molecule has 1 aliphatic heterocycles. The van der Waals surface area contributed by atoms with Gasteiger partial charge < -0.3 is 14.6 Å². The largest absolute Gasteiger partial charge is 0.507 e. The number of nitrogens with zero attached hydrogens (tertiary/aromatic N) is 2. The molecule has 4 rings (SSSR count). The average molecular weight is 501 g/mol. The molecule has 0 bridgehead atoms. The van der Waals surface area contributed by atoms with Gasteiger partial charge in [0.2, 0.25) is 0 Å². The molecule has 0 spiro atoms. The third-order valence-corrected chi connectivity index (χ3v) is 5.77. The summed E-state index contributed by atoms with van der Waals surface area (Å²) in [5.74, 6) is -1.85. The summed E-state index contributed by atoms with van der Waals surface area (Å²) < 4.78 is 10.9. The molecule has 1 N–H and O–H groups in total. The van der Waals surface area contributed by atoms with Gasteiger partial charge in [-0.25, -0.2) is 4.79 Å². The van der Waals surface area contributed by atoms with Crippen LogP contribution in [-0.4, -0.2) is 40.5 Å². The summed E-state index contributed by atoms with van der Waals surface area (Å²) in [5.41, 5.74) is 1.62. The molecule has 8 nitrogen and oxygen atoms in total. The fourth-order valence-electron chi connectivity index (χ4n) is 4.11. The van der Waals surface area contributed by atoms with Crippen molar-refractivity contribution in [2.75, 3.05) is 11.5 Å². The number of carbonyl (C=O) groups excluding carboxylic acids is 3. The van der Waals surface area contributed by atoms with E-state index in [2.05, 4.69) is 4.98 Å². The Labute approximate surface area is 215 Å². The molecular weight excluding hydrogens is 472 g/mol. The highest BCUT2D eigenvalue weighted by atomic mass is 16.5. The van der Waals surface area contributed by atoms with Gasteiger partial charge in [0.15, 0.2) is 0 Å². The maximum Gasteiger partial charge on any atom is 0.338 e. The summed E-state index contributed by atoms with van der Waals surface area (Å²) in [4.78, 5) is 44.2. The number of Topliss-reactive ketones (excluding diaryl/α,β-unsaturated/α-hetero) is 1. The van der Waals surface area contributed by atoms with E-state index in [1.165, 1.54) is 17.0 Å². The van der Waals surface area contributed by atoms with Crippen LogP contribution in [0, 0.1) is 0 Å². The van der Waals surface area contributed by atoms with Crippen LogP contribution < -0.4 is 9.64 Å². The van der Waals surface area contributed by atoms with Gasteiger partial charge in [-0.05, 0) is 74.4 Å². The maximum absolute atomic E-state index is 13.3. The number of ketones is 1. The number of ether oxygens (including phenoxy) is 2. The molecule has 3 aromatic rings. The lowest BCUT2D eigenvalue weighted by molar-refractivity contribution is -0.132. The first-order valence-corrected chi connectivity index (χ1v) is 12.1. The molecule has 190 valence electrons. The average Bonchev–Trinajstić information content (AvgIpc) is 3.17. The number of hydrogen-bond acceptors (Lipinski definition) is 7. The molecule has 2 aromatic carbocycles.